The van der Waals surface area contributed by atoms with E-state index in [1.807, 2.05) is 26.0 Å². The Hall–Kier alpha value is -2.70. The van der Waals surface area contributed by atoms with E-state index in [1.165, 1.54) is 0 Å². The Kier molecular flexibility index (Phi) is 7.01. The molecule has 7 nitrogen and oxygen atoms in total. The molecule has 2 atom stereocenters. The number of carbonyl (C=O) groups excluding carboxylic acids is 1. The molecular formula is C22H32N6O. The standard InChI is InChI=1S/C22H32N6O/c1-4-5-12-24-22(29)21-26-17-11-10-14(2)13-16(17)20(28-21)27-19-9-7-6-8-18(19)25-15(3)23/h10-11,13,18-19H,4-9,12H2,1-3H3,(H2,23,25)(H,24,29)(H,26,27,28)/t18-,19+/m1/s1. The van der Waals surface area contributed by atoms with Gasteiger partial charge in [-0.3, -0.25) is 9.79 Å². The number of fused-ring (bicyclic) bond motifs is 1. The Balaban J connectivity index is 1.94. The summed E-state index contributed by atoms with van der Waals surface area (Å²) in [6.45, 7) is 6.59. The van der Waals surface area contributed by atoms with Crippen LogP contribution >= 0.6 is 0 Å². The number of aryl methyl sites for hydroxylation is 1. The molecule has 4 N–H and O–H groups in total. The van der Waals surface area contributed by atoms with Crippen LogP contribution in [0.5, 0.6) is 0 Å². The summed E-state index contributed by atoms with van der Waals surface area (Å²) in [6.07, 6.45) is 6.24. The second-order valence-electron chi connectivity index (χ2n) is 7.90. The molecule has 0 aliphatic heterocycles. The van der Waals surface area contributed by atoms with Crippen LogP contribution in [-0.4, -0.2) is 40.3 Å². The molecule has 0 unspecified atom stereocenters. The molecular weight excluding hydrogens is 364 g/mol. The molecule has 1 amide bonds. The zero-order valence-electron chi connectivity index (χ0n) is 17.7. The zero-order chi connectivity index (χ0) is 20.8. The number of nitrogens with two attached hydrogens (primary N) is 1. The number of nitrogens with one attached hydrogen (secondary N) is 2. The van der Waals surface area contributed by atoms with Crippen LogP contribution in [0.25, 0.3) is 10.9 Å². The van der Waals surface area contributed by atoms with E-state index in [2.05, 4.69) is 38.6 Å². The molecule has 0 bridgehead atoms. The van der Waals surface area contributed by atoms with Gasteiger partial charge in [0.05, 0.1) is 17.4 Å². The summed E-state index contributed by atoms with van der Waals surface area (Å²) in [6, 6.07) is 6.26. The average Bonchev–Trinajstić information content (AvgIpc) is 2.69. The van der Waals surface area contributed by atoms with Gasteiger partial charge in [0.1, 0.15) is 5.82 Å². The summed E-state index contributed by atoms with van der Waals surface area (Å²) in [5.74, 6) is 1.26. The lowest BCUT2D eigenvalue weighted by atomic mass is 9.90. The molecule has 1 saturated carbocycles. The smallest absolute Gasteiger partial charge is 0.289 e. The van der Waals surface area contributed by atoms with Gasteiger partial charge < -0.3 is 16.4 Å². The third-order valence-corrected chi connectivity index (χ3v) is 5.29. The first-order valence-electron chi connectivity index (χ1n) is 10.6. The van der Waals surface area contributed by atoms with Crippen LogP contribution in [0.3, 0.4) is 0 Å². The summed E-state index contributed by atoms with van der Waals surface area (Å²) in [7, 11) is 0. The minimum absolute atomic E-state index is 0.116. The van der Waals surface area contributed by atoms with Crippen molar-refractivity contribution in [2.24, 2.45) is 10.7 Å². The van der Waals surface area contributed by atoms with Crippen molar-refractivity contribution >= 4 is 28.5 Å². The number of hydrogen-bond donors (Lipinski definition) is 3. The lowest BCUT2D eigenvalue weighted by molar-refractivity contribution is 0.0943. The molecule has 1 aromatic heterocycles. The number of aromatic nitrogens is 2. The van der Waals surface area contributed by atoms with Crippen molar-refractivity contribution in [3.8, 4) is 0 Å². The van der Waals surface area contributed by atoms with Crippen LogP contribution in [0.15, 0.2) is 23.2 Å². The highest BCUT2D eigenvalue weighted by atomic mass is 16.2. The van der Waals surface area contributed by atoms with Gasteiger partial charge >= 0.3 is 0 Å². The van der Waals surface area contributed by atoms with Crippen LogP contribution < -0.4 is 16.4 Å². The second kappa shape index (κ2) is 9.67. The molecule has 29 heavy (non-hydrogen) atoms. The lowest BCUT2D eigenvalue weighted by Crippen LogP contribution is -2.37. The van der Waals surface area contributed by atoms with Gasteiger partial charge in [-0.2, -0.15) is 0 Å². The number of benzene rings is 1. The van der Waals surface area contributed by atoms with E-state index in [9.17, 15) is 4.79 Å². The number of rotatable bonds is 7. The van der Waals surface area contributed by atoms with E-state index in [0.29, 0.717) is 18.2 Å². The normalized spacial score (nSPS) is 19.9. The molecule has 1 heterocycles. The number of anilines is 1. The van der Waals surface area contributed by atoms with E-state index < -0.39 is 0 Å². The molecule has 1 aliphatic carbocycles. The fourth-order valence-corrected chi connectivity index (χ4v) is 3.78. The van der Waals surface area contributed by atoms with E-state index in [0.717, 1.165) is 55.0 Å². The first-order valence-corrected chi connectivity index (χ1v) is 10.6. The second-order valence-corrected chi connectivity index (χ2v) is 7.90. The monoisotopic (exact) mass is 396 g/mol. The van der Waals surface area contributed by atoms with Gasteiger partial charge in [0.15, 0.2) is 0 Å². The summed E-state index contributed by atoms with van der Waals surface area (Å²) >= 11 is 0. The van der Waals surface area contributed by atoms with Crippen molar-refractivity contribution in [2.45, 2.75) is 71.4 Å². The first kappa shape index (κ1) is 21.0. The first-order chi connectivity index (χ1) is 14.0. The van der Waals surface area contributed by atoms with Gasteiger partial charge in [-0.1, -0.05) is 37.8 Å². The summed E-state index contributed by atoms with van der Waals surface area (Å²) in [5.41, 5.74) is 7.74. The largest absolute Gasteiger partial charge is 0.388 e. The fourth-order valence-electron chi connectivity index (χ4n) is 3.78. The SMILES string of the molecule is CCCCNC(=O)c1nc(N[C@H]2CCCC[C@H]2N=C(C)N)c2cc(C)ccc2n1. The number of aliphatic imine (C=N–C) groups is 1. The highest BCUT2D eigenvalue weighted by Gasteiger charge is 2.26. The van der Waals surface area contributed by atoms with Gasteiger partial charge in [-0.25, -0.2) is 9.97 Å². The minimum atomic E-state index is -0.236. The van der Waals surface area contributed by atoms with Crippen molar-refractivity contribution in [3.63, 3.8) is 0 Å². The maximum atomic E-state index is 12.6. The average molecular weight is 397 g/mol. The number of nitrogens with zero attached hydrogens (tertiary/aromatic N) is 3. The van der Waals surface area contributed by atoms with Gasteiger partial charge in [0.2, 0.25) is 5.82 Å². The van der Waals surface area contributed by atoms with Crippen molar-refractivity contribution in [1.82, 2.24) is 15.3 Å². The minimum Gasteiger partial charge on any atom is -0.388 e. The van der Waals surface area contributed by atoms with Crippen LogP contribution in [0, 0.1) is 6.92 Å². The Morgan fingerprint density at radius 3 is 2.83 bits per heavy atom. The van der Waals surface area contributed by atoms with Crippen molar-refractivity contribution in [1.29, 1.82) is 0 Å². The molecule has 1 aliphatic rings. The predicted molar refractivity (Wildman–Crippen MR) is 118 cm³/mol. The molecule has 7 heteroatoms. The molecule has 0 saturated heterocycles. The molecule has 156 valence electrons. The van der Waals surface area contributed by atoms with E-state index in [4.69, 9.17) is 5.73 Å². The fraction of sp³-hybridized carbons (Fsp3) is 0.545. The number of amidine groups is 1. The van der Waals surface area contributed by atoms with Gasteiger partial charge in [-0.15, -0.1) is 0 Å². The maximum Gasteiger partial charge on any atom is 0.289 e. The van der Waals surface area contributed by atoms with Gasteiger partial charge in [0, 0.05) is 18.0 Å². The molecule has 2 aromatic rings. The van der Waals surface area contributed by atoms with E-state index in [-0.39, 0.29) is 23.8 Å². The molecule has 1 fully saturated rings. The van der Waals surface area contributed by atoms with Gasteiger partial charge in [0.25, 0.3) is 5.91 Å². The predicted octanol–water partition coefficient (Wildman–Crippen LogP) is 3.57. The molecule has 3 rings (SSSR count). The number of unbranched alkanes of at least 4 members (excludes halogenated alkanes) is 1. The van der Waals surface area contributed by atoms with Crippen molar-refractivity contribution < 1.29 is 4.79 Å². The van der Waals surface area contributed by atoms with E-state index in [1.54, 1.807) is 0 Å². The van der Waals surface area contributed by atoms with Crippen LogP contribution in [-0.2, 0) is 0 Å². The topological polar surface area (TPSA) is 105 Å². The zero-order valence-corrected chi connectivity index (χ0v) is 17.7. The third kappa shape index (κ3) is 5.43. The van der Waals surface area contributed by atoms with Crippen molar-refractivity contribution in [3.05, 3.63) is 29.6 Å². The molecule has 0 spiro atoms. The quantitative estimate of drug-likeness (QED) is 0.377. The number of hydrogen-bond acceptors (Lipinski definition) is 5. The summed E-state index contributed by atoms with van der Waals surface area (Å²) in [5, 5.41) is 7.41. The summed E-state index contributed by atoms with van der Waals surface area (Å²) in [4.78, 5) is 26.3. The van der Waals surface area contributed by atoms with Crippen molar-refractivity contribution in [2.75, 3.05) is 11.9 Å². The summed E-state index contributed by atoms with van der Waals surface area (Å²) < 4.78 is 0. The Labute approximate surface area is 172 Å². The highest BCUT2D eigenvalue weighted by Crippen LogP contribution is 2.28. The highest BCUT2D eigenvalue weighted by molar-refractivity contribution is 5.96. The third-order valence-electron chi connectivity index (χ3n) is 5.29. The van der Waals surface area contributed by atoms with Crippen LogP contribution in [0.2, 0.25) is 0 Å². The van der Waals surface area contributed by atoms with Gasteiger partial charge in [-0.05, 0) is 45.2 Å². The molecule has 0 radical (unpaired) electrons. The Morgan fingerprint density at radius 2 is 2.07 bits per heavy atom. The molecule has 1 aromatic carbocycles. The Morgan fingerprint density at radius 1 is 1.28 bits per heavy atom. The Bertz CT molecular complexity index is 890. The van der Waals surface area contributed by atoms with Crippen LogP contribution in [0.4, 0.5) is 5.82 Å². The lowest BCUT2D eigenvalue weighted by Gasteiger charge is -2.30. The van der Waals surface area contributed by atoms with E-state index >= 15 is 0 Å². The number of amides is 1. The maximum absolute atomic E-state index is 12.6. The van der Waals surface area contributed by atoms with Crippen LogP contribution in [0.1, 0.15) is 68.6 Å². The number of carbonyl (C=O) groups is 1.